The second kappa shape index (κ2) is 10.9. The van der Waals surface area contributed by atoms with Gasteiger partial charge in [-0.05, 0) is 61.2 Å². The number of carbonyl (C=O) groups excluding carboxylic acids is 2. The largest absolute Gasteiger partial charge is 0.493 e. The van der Waals surface area contributed by atoms with Gasteiger partial charge < -0.3 is 24.0 Å². The summed E-state index contributed by atoms with van der Waals surface area (Å²) in [4.78, 5) is 28.7. The van der Waals surface area contributed by atoms with E-state index in [0.29, 0.717) is 56.3 Å². The first-order valence-electron chi connectivity index (χ1n) is 10.9. The summed E-state index contributed by atoms with van der Waals surface area (Å²) >= 11 is 0. The number of aryl methyl sites for hydroxylation is 3. The van der Waals surface area contributed by atoms with E-state index in [1.807, 2.05) is 55.1 Å². The summed E-state index contributed by atoms with van der Waals surface area (Å²) in [5.74, 6) is 2.07. The molecular weight excluding hydrogens is 408 g/mol. The number of nitrogens with zero attached hydrogens (tertiary/aromatic N) is 2. The summed E-state index contributed by atoms with van der Waals surface area (Å²) in [7, 11) is 3.20. The van der Waals surface area contributed by atoms with Crippen LogP contribution in [0.4, 0.5) is 0 Å². The Morgan fingerprint density at radius 2 is 1.47 bits per heavy atom. The van der Waals surface area contributed by atoms with Crippen LogP contribution in [-0.2, 0) is 16.0 Å². The summed E-state index contributed by atoms with van der Waals surface area (Å²) in [6, 6.07) is 11.5. The lowest BCUT2D eigenvalue weighted by Crippen LogP contribution is -2.51. The van der Waals surface area contributed by atoms with Crippen LogP contribution in [0.5, 0.6) is 17.2 Å². The molecule has 7 nitrogen and oxygen atoms in total. The van der Waals surface area contributed by atoms with Gasteiger partial charge in [0.05, 0.1) is 14.2 Å². The number of carbonyl (C=O) groups is 2. The zero-order valence-corrected chi connectivity index (χ0v) is 19.3. The number of amides is 2. The van der Waals surface area contributed by atoms with Crippen molar-refractivity contribution in [3.63, 3.8) is 0 Å². The van der Waals surface area contributed by atoms with Crippen molar-refractivity contribution in [2.24, 2.45) is 0 Å². The fourth-order valence-corrected chi connectivity index (χ4v) is 3.69. The number of hydrogen-bond acceptors (Lipinski definition) is 5. The summed E-state index contributed by atoms with van der Waals surface area (Å²) in [5, 5.41) is 0. The Hall–Kier alpha value is -3.22. The van der Waals surface area contributed by atoms with E-state index in [0.717, 1.165) is 11.1 Å². The second-order valence-electron chi connectivity index (χ2n) is 7.99. The van der Waals surface area contributed by atoms with Gasteiger partial charge in [-0.25, -0.2) is 0 Å². The van der Waals surface area contributed by atoms with E-state index in [4.69, 9.17) is 14.2 Å². The summed E-state index contributed by atoms with van der Waals surface area (Å²) in [6.45, 7) is 6.20. The molecule has 0 atom stereocenters. The van der Waals surface area contributed by atoms with E-state index in [1.165, 1.54) is 5.56 Å². The molecule has 0 radical (unpaired) electrons. The molecule has 2 amide bonds. The fraction of sp³-hybridized carbons (Fsp3) is 0.440. The van der Waals surface area contributed by atoms with Crippen LogP contribution in [0, 0.1) is 13.8 Å². The molecule has 1 saturated heterocycles. The van der Waals surface area contributed by atoms with Crippen molar-refractivity contribution < 1.29 is 23.8 Å². The predicted octanol–water partition coefficient (Wildman–Crippen LogP) is 3.00. The zero-order valence-electron chi connectivity index (χ0n) is 19.3. The minimum Gasteiger partial charge on any atom is -0.493 e. The fourth-order valence-electron chi connectivity index (χ4n) is 3.69. The van der Waals surface area contributed by atoms with E-state index in [9.17, 15) is 9.59 Å². The van der Waals surface area contributed by atoms with Gasteiger partial charge in [0.15, 0.2) is 18.1 Å². The molecule has 7 heteroatoms. The number of hydrogen-bond donors (Lipinski definition) is 0. The quantitative estimate of drug-likeness (QED) is 0.631. The van der Waals surface area contributed by atoms with Crippen LogP contribution in [0.3, 0.4) is 0 Å². The van der Waals surface area contributed by atoms with E-state index < -0.39 is 0 Å². The van der Waals surface area contributed by atoms with E-state index in [-0.39, 0.29) is 18.4 Å². The SMILES string of the molecule is COc1ccc(CCC(=O)N2CCN(C(=O)COc3ccc(C)c(C)c3)CC2)cc1OC. The van der Waals surface area contributed by atoms with E-state index >= 15 is 0 Å². The highest BCUT2D eigenvalue weighted by Crippen LogP contribution is 2.28. The van der Waals surface area contributed by atoms with Crippen LogP contribution < -0.4 is 14.2 Å². The van der Waals surface area contributed by atoms with Crippen molar-refractivity contribution in [3.8, 4) is 17.2 Å². The first kappa shape index (κ1) is 23.4. The molecule has 1 heterocycles. The minimum absolute atomic E-state index is 0.00967. The summed E-state index contributed by atoms with van der Waals surface area (Å²) in [5.41, 5.74) is 3.35. The smallest absolute Gasteiger partial charge is 0.260 e. The Morgan fingerprint density at radius 1 is 0.812 bits per heavy atom. The average molecular weight is 441 g/mol. The predicted molar refractivity (Wildman–Crippen MR) is 122 cm³/mol. The van der Waals surface area contributed by atoms with Gasteiger partial charge in [0, 0.05) is 32.6 Å². The molecule has 172 valence electrons. The molecule has 3 rings (SSSR count). The number of piperazine rings is 1. The Morgan fingerprint density at radius 3 is 2.09 bits per heavy atom. The summed E-state index contributed by atoms with van der Waals surface area (Å²) < 4.78 is 16.2. The van der Waals surface area contributed by atoms with Crippen LogP contribution in [0.1, 0.15) is 23.1 Å². The van der Waals surface area contributed by atoms with Crippen LogP contribution >= 0.6 is 0 Å². The normalized spacial score (nSPS) is 13.6. The van der Waals surface area contributed by atoms with Crippen LogP contribution in [0.25, 0.3) is 0 Å². The number of ether oxygens (including phenoxy) is 3. The molecule has 0 N–H and O–H groups in total. The van der Waals surface area contributed by atoms with Gasteiger partial charge in [-0.2, -0.15) is 0 Å². The Kier molecular flexibility index (Phi) is 7.98. The Balaban J connectivity index is 1.43. The lowest BCUT2D eigenvalue weighted by atomic mass is 10.1. The maximum atomic E-state index is 12.6. The minimum atomic E-state index is -0.0549. The third kappa shape index (κ3) is 5.93. The van der Waals surface area contributed by atoms with Gasteiger partial charge in [0.2, 0.25) is 5.91 Å². The van der Waals surface area contributed by atoms with Gasteiger partial charge in [0.1, 0.15) is 5.75 Å². The molecule has 0 bridgehead atoms. The maximum absolute atomic E-state index is 12.6. The van der Waals surface area contributed by atoms with Crippen molar-refractivity contribution >= 4 is 11.8 Å². The van der Waals surface area contributed by atoms with Gasteiger partial charge in [-0.3, -0.25) is 9.59 Å². The van der Waals surface area contributed by atoms with Gasteiger partial charge in [0.25, 0.3) is 5.91 Å². The van der Waals surface area contributed by atoms with Crippen molar-refractivity contribution in [2.75, 3.05) is 47.0 Å². The zero-order chi connectivity index (χ0) is 23.1. The molecule has 1 aliphatic heterocycles. The van der Waals surface area contributed by atoms with Gasteiger partial charge in [-0.15, -0.1) is 0 Å². The molecule has 0 aliphatic carbocycles. The molecule has 1 fully saturated rings. The molecule has 2 aromatic carbocycles. The highest BCUT2D eigenvalue weighted by Gasteiger charge is 2.24. The average Bonchev–Trinajstić information content (AvgIpc) is 2.82. The topological polar surface area (TPSA) is 68.3 Å². The number of benzene rings is 2. The number of rotatable bonds is 8. The molecule has 32 heavy (non-hydrogen) atoms. The first-order chi connectivity index (χ1) is 15.4. The Bertz CT molecular complexity index is 951. The molecule has 0 spiro atoms. The van der Waals surface area contributed by atoms with Crippen molar-refractivity contribution in [1.29, 1.82) is 0 Å². The van der Waals surface area contributed by atoms with Crippen molar-refractivity contribution in [2.45, 2.75) is 26.7 Å². The van der Waals surface area contributed by atoms with Crippen molar-refractivity contribution in [1.82, 2.24) is 9.80 Å². The lowest BCUT2D eigenvalue weighted by molar-refractivity contribution is -0.140. The standard InChI is InChI=1S/C25H32N2O5/c1-18-5-8-21(15-19(18)2)32-17-25(29)27-13-11-26(12-14-27)24(28)10-7-20-6-9-22(30-3)23(16-20)31-4/h5-6,8-9,15-16H,7,10-14,17H2,1-4H3. The third-order valence-corrected chi connectivity index (χ3v) is 5.90. The summed E-state index contributed by atoms with van der Waals surface area (Å²) in [6.07, 6.45) is 1.04. The molecule has 0 saturated carbocycles. The molecule has 1 aliphatic rings. The monoisotopic (exact) mass is 440 g/mol. The third-order valence-electron chi connectivity index (χ3n) is 5.90. The van der Waals surface area contributed by atoms with E-state index in [2.05, 4.69) is 0 Å². The van der Waals surface area contributed by atoms with Crippen LogP contribution in [0.15, 0.2) is 36.4 Å². The Labute approximate surface area is 189 Å². The molecule has 2 aromatic rings. The highest BCUT2D eigenvalue weighted by molar-refractivity contribution is 5.79. The van der Waals surface area contributed by atoms with E-state index in [1.54, 1.807) is 19.1 Å². The molecule has 0 aromatic heterocycles. The van der Waals surface area contributed by atoms with Gasteiger partial charge in [-0.1, -0.05) is 12.1 Å². The lowest BCUT2D eigenvalue weighted by Gasteiger charge is -2.34. The van der Waals surface area contributed by atoms with Crippen molar-refractivity contribution in [3.05, 3.63) is 53.1 Å². The van der Waals surface area contributed by atoms with Crippen LogP contribution in [0.2, 0.25) is 0 Å². The van der Waals surface area contributed by atoms with Crippen LogP contribution in [-0.4, -0.2) is 68.6 Å². The highest BCUT2D eigenvalue weighted by atomic mass is 16.5. The van der Waals surface area contributed by atoms with Gasteiger partial charge >= 0.3 is 0 Å². The first-order valence-corrected chi connectivity index (χ1v) is 10.9. The molecule has 0 unspecified atom stereocenters. The maximum Gasteiger partial charge on any atom is 0.260 e. The number of methoxy groups -OCH3 is 2. The second-order valence-corrected chi connectivity index (χ2v) is 7.99. The molecular formula is C25H32N2O5.